The van der Waals surface area contributed by atoms with Crippen LogP contribution in [-0.2, 0) is 12.8 Å². The Morgan fingerprint density at radius 1 is 0.966 bits per heavy atom. The molecule has 152 valence electrons. The number of hydrogen-bond donors (Lipinski definition) is 2. The molecule has 0 spiro atoms. The topological polar surface area (TPSA) is 73.1 Å². The van der Waals surface area contributed by atoms with Crippen LogP contribution in [0.5, 0.6) is 5.75 Å². The summed E-state index contributed by atoms with van der Waals surface area (Å²) in [5.41, 5.74) is 9.25. The van der Waals surface area contributed by atoms with Crippen molar-refractivity contribution in [2.45, 2.75) is 39.0 Å². The van der Waals surface area contributed by atoms with Crippen molar-refractivity contribution in [3.05, 3.63) is 71.9 Å². The number of rotatable bonds is 10. The molecule has 3 aromatic rings. The first-order valence-electron chi connectivity index (χ1n) is 10.2. The molecule has 1 unspecified atom stereocenters. The molecule has 0 fully saturated rings. The van der Waals surface area contributed by atoms with E-state index in [-0.39, 0.29) is 0 Å². The van der Waals surface area contributed by atoms with Crippen LogP contribution in [0.4, 0.5) is 17.5 Å². The third kappa shape index (κ3) is 6.79. The Balaban J connectivity index is 1.49. The maximum atomic E-state index is 5.93. The van der Waals surface area contributed by atoms with Crippen LogP contribution >= 0.6 is 0 Å². The number of nitrogens with one attached hydrogen (secondary N) is 1. The van der Waals surface area contributed by atoms with Crippen LogP contribution < -0.4 is 15.8 Å². The lowest BCUT2D eigenvalue weighted by Gasteiger charge is -2.12. The molecule has 1 aromatic heterocycles. The van der Waals surface area contributed by atoms with Crippen molar-refractivity contribution in [2.75, 3.05) is 18.2 Å². The Bertz CT molecular complexity index is 881. The van der Waals surface area contributed by atoms with Gasteiger partial charge in [0.25, 0.3) is 0 Å². The minimum atomic E-state index is 0.301. The second-order valence-corrected chi connectivity index (χ2v) is 7.48. The van der Waals surface area contributed by atoms with Gasteiger partial charge < -0.3 is 15.8 Å². The fourth-order valence-corrected chi connectivity index (χ4v) is 3.37. The van der Waals surface area contributed by atoms with Crippen LogP contribution in [-0.4, -0.2) is 17.1 Å². The van der Waals surface area contributed by atoms with Crippen molar-refractivity contribution < 1.29 is 4.74 Å². The van der Waals surface area contributed by atoms with E-state index in [1.807, 2.05) is 30.3 Å². The fraction of sp³-hybridized carbons (Fsp3) is 0.333. The largest absolute Gasteiger partial charge is 0.497 e. The Labute approximate surface area is 173 Å². The van der Waals surface area contributed by atoms with Crippen LogP contribution in [0.2, 0.25) is 0 Å². The highest BCUT2D eigenvalue weighted by atomic mass is 16.5. The van der Waals surface area contributed by atoms with Crippen LogP contribution in [0.1, 0.15) is 37.4 Å². The van der Waals surface area contributed by atoms with Crippen molar-refractivity contribution in [3.63, 3.8) is 0 Å². The van der Waals surface area contributed by atoms with E-state index in [1.165, 1.54) is 18.4 Å². The summed E-state index contributed by atoms with van der Waals surface area (Å²) in [4.78, 5) is 8.72. The zero-order chi connectivity index (χ0) is 20.5. The van der Waals surface area contributed by atoms with Crippen LogP contribution in [0, 0.1) is 5.92 Å². The van der Waals surface area contributed by atoms with Gasteiger partial charge >= 0.3 is 0 Å². The Kier molecular flexibility index (Phi) is 7.45. The quantitative estimate of drug-likeness (QED) is 0.485. The number of ether oxygens (including phenoxy) is 1. The molecule has 0 aliphatic rings. The normalized spacial score (nSPS) is 11.8. The van der Waals surface area contributed by atoms with Gasteiger partial charge in [0.1, 0.15) is 11.6 Å². The van der Waals surface area contributed by atoms with Gasteiger partial charge in [-0.1, -0.05) is 43.7 Å². The van der Waals surface area contributed by atoms with E-state index >= 15 is 0 Å². The van der Waals surface area contributed by atoms with Gasteiger partial charge in [-0.25, -0.2) is 4.98 Å². The summed E-state index contributed by atoms with van der Waals surface area (Å²) in [7, 11) is 1.66. The second-order valence-electron chi connectivity index (χ2n) is 7.48. The molecule has 0 saturated heterocycles. The minimum Gasteiger partial charge on any atom is -0.497 e. The molecular weight excluding hydrogens is 360 g/mol. The van der Waals surface area contributed by atoms with Crippen LogP contribution in [0.25, 0.3) is 0 Å². The molecule has 0 radical (unpaired) electrons. The van der Waals surface area contributed by atoms with E-state index in [0.717, 1.165) is 42.2 Å². The Morgan fingerprint density at radius 2 is 1.72 bits per heavy atom. The zero-order valence-corrected chi connectivity index (χ0v) is 17.3. The lowest BCUT2D eigenvalue weighted by molar-refractivity contribution is 0.415. The van der Waals surface area contributed by atoms with E-state index < -0.39 is 0 Å². The molecule has 5 nitrogen and oxygen atoms in total. The van der Waals surface area contributed by atoms with Crippen molar-refractivity contribution in [1.82, 2.24) is 9.97 Å². The first-order valence-corrected chi connectivity index (χ1v) is 10.2. The monoisotopic (exact) mass is 390 g/mol. The van der Waals surface area contributed by atoms with Crippen molar-refractivity contribution in [2.24, 2.45) is 5.92 Å². The van der Waals surface area contributed by atoms with Gasteiger partial charge in [0.2, 0.25) is 5.95 Å². The lowest BCUT2D eigenvalue weighted by atomic mass is 9.96. The summed E-state index contributed by atoms with van der Waals surface area (Å²) in [6.45, 7) is 2.31. The van der Waals surface area contributed by atoms with Crippen molar-refractivity contribution in [1.29, 1.82) is 0 Å². The third-order valence-electron chi connectivity index (χ3n) is 5.06. The average Bonchev–Trinajstić information content (AvgIpc) is 2.73. The second kappa shape index (κ2) is 10.5. The maximum Gasteiger partial charge on any atom is 0.222 e. The maximum absolute atomic E-state index is 5.93. The van der Waals surface area contributed by atoms with Crippen molar-refractivity contribution >= 4 is 17.5 Å². The molecule has 0 aliphatic carbocycles. The molecule has 5 heteroatoms. The van der Waals surface area contributed by atoms with E-state index in [1.54, 1.807) is 7.11 Å². The van der Waals surface area contributed by atoms with Gasteiger partial charge in [-0.15, -0.1) is 0 Å². The fourth-order valence-electron chi connectivity index (χ4n) is 3.37. The molecule has 29 heavy (non-hydrogen) atoms. The molecule has 3 N–H and O–H groups in total. The first-order chi connectivity index (χ1) is 14.1. The molecule has 0 saturated carbocycles. The smallest absolute Gasteiger partial charge is 0.222 e. The van der Waals surface area contributed by atoms with Gasteiger partial charge in [0.05, 0.1) is 7.11 Å². The molecular formula is C24H30N4O. The highest BCUT2D eigenvalue weighted by molar-refractivity contribution is 5.58. The molecule has 3 rings (SSSR count). The van der Waals surface area contributed by atoms with Gasteiger partial charge in [-0.3, -0.25) is 0 Å². The number of nitrogens with zero attached hydrogens (tertiary/aromatic N) is 2. The number of methoxy groups -OCH3 is 1. The molecule has 0 bridgehead atoms. The molecule has 1 atom stereocenters. The summed E-state index contributed by atoms with van der Waals surface area (Å²) in [5.74, 6) is 2.48. The highest BCUT2D eigenvalue weighted by Crippen LogP contribution is 2.21. The third-order valence-corrected chi connectivity index (χ3v) is 5.06. The van der Waals surface area contributed by atoms with Gasteiger partial charge in [0.15, 0.2) is 0 Å². The van der Waals surface area contributed by atoms with Gasteiger partial charge in [-0.2, -0.15) is 4.98 Å². The Hall–Kier alpha value is -3.08. The van der Waals surface area contributed by atoms with E-state index in [2.05, 4.69) is 52.5 Å². The average molecular weight is 391 g/mol. The molecule has 0 amide bonds. The van der Waals surface area contributed by atoms with Gasteiger partial charge in [-0.05, 0) is 61.4 Å². The summed E-state index contributed by atoms with van der Waals surface area (Å²) in [5, 5.41) is 3.29. The predicted molar refractivity (Wildman–Crippen MR) is 120 cm³/mol. The zero-order valence-electron chi connectivity index (χ0n) is 17.3. The number of aryl methyl sites for hydroxylation is 2. The van der Waals surface area contributed by atoms with E-state index in [4.69, 9.17) is 10.5 Å². The highest BCUT2D eigenvalue weighted by Gasteiger charge is 2.07. The number of hydrogen-bond acceptors (Lipinski definition) is 5. The number of aromatic nitrogens is 2. The molecule has 0 aliphatic heterocycles. The summed E-state index contributed by atoms with van der Waals surface area (Å²) < 4.78 is 5.19. The molecule has 2 aromatic carbocycles. The lowest BCUT2D eigenvalue weighted by Crippen LogP contribution is -2.05. The van der Waals surface area contributed by atoms with Crippen LogP contribution in [0.15, 0.2) is 60.7 Å². The van der Waals surface area contributed by atoms with Gasteiger partial charge in [0, 0.05) is 17.4 Å². The standard InChI is InChI=1S/C24H30N4O/c1-18(7-6-10-19-8-4-3-5-9-19)11-12-21-17-23(28-24(25)27-21)26-20-13-15-22(29-2)16-14-20/h3-5,8-9,13-18H,6-7,10-12H2,1-2H3,(H3,25,26,27,28). The van der Waals surface area contributed by atoms with Crippen molar-refractivity contribution in [3.8, 4) is 5.75 Å². The van der Waals surface area contributed by atoms with E-state index in [0.29, 0.717) is 11.9 Å². The first kappa shape index (κ1) is 20.6. The number of nitrogen functional groups attached to an aromatic ring is 1. The SMILES string of the molecule is COc1ccc(Nc2cc(CCC(C)CCCc3ccccc3)nc(N)n2)cc1. The predicted octanol–water partition coefficient (Wildman–Crippen LogP) is 5.40. The van der Waals surface area contributed by atoms with Crippen LogP contribution in [0.3, 0.4) is 0 Å². The van der Waals surface area contributed by atoms with E-state index in [9.17, 15) is 0 Å². The number of benzene rings is 2. The minimum absolute atomic E-state index is 0.301. The number of nitrogens with two attached hydrogens (primary N) is 1. The Morgan fingerprint density at radius 3 is 2.45 bits per heavy atom. The summed E-state index contributed by atoms with van der Waals surface area (Å²) in [6, 6.07) is 20.4. The molecule has 1 heterocycles. The number of anilines is 3. The summed E-state index contributed by atoms with van der Waals surface area (Å²) >= 11 is 0. The summed E-state index contributed by atoms with van der Waals surface area (Å²) in [6.07, 6.45) is 5.55.